The van der Waals surface area contributed by atoms with Crippen LogP contribution < -0.4 is 15.9 Å². The van der Waals surface area contributed by atoms with Crippen LogP contribution in [0.25, 0.3) is 0 Å². The second-order valence-corrected chi connectivity index (χ2v) is 7.24. The predicted molar refractivity (Wildman–Crippen MR) is 106 cm³/mol. The number of morpholine rings is 1. The lowest BCUT2D eigenvalue weighted by molar-refractivity contribution is -0.0699. The molecule has 3 rings (SSSR count). The van der Waals surface area contributed by atoms with E-state index in [1.54, 1.807) is 11.6 Å². The van der Waals surface area contributed by atoms with Crippen molar-refractivity contribution in [3.63, 3.8) is 0 Å². The molecule has 0 spiro atoms. The summed E-state index contributed by atoms with van der Waals surface area (Å²) >= 11 is 1.42. The second kappa shape index (κ2) is 8.98. The number of hydrogen-bond acceptors (Lipinski definition) is 8. The fraction of sp³-hybridized carbons (Fsp3) is 0.444. The molecule has 2 atom stereocenters. The number of ether oxygens (including phenoxy) is 2. The Bertz CT molecular complexity index is 709. The van der Waals surface area contributed by atoms with Gasteiger partial charge in [-0.25, -0.2) is 4.98 Å². The summed E-state index contributed by atoms with van der Waals surface area (Å²) in [5, 5.41) is 6.59. The van der Waals surface area contributed by atoms with E-state index in [1.165, 1.54) is 11.3 Å². The van der Waals surface area contributed by atoms with Crippen molar-refractivity contribution in [3.05, 3.63) is 35.2 Å². The second-order valence-electron chi connectivity index (χ2n) is 6.38. The van der Waals surface area contributed by atoms with E-state index in [4.69, 9.17) is 15.2 Å². The number of nitrogens with two attached hydrogens (primary N) is 1. The van der Waals surface area contributed by atoms with E-state index >= 15 is 0 Å². The number of thiazole rings is 1. The first-order valence-corrected chi connectivity index (χ1v) is 9.57. The Labute approximate surface area is 157 Å². The van der Waals surface area contributed by atoms with Crippen molar-refractivity contribution in [2.24, 2.45) is 5.10 Å². The molecule has 0 bridgehead atoms. The molecule has 1 aromatic heterocycles. The number of rotatable bonds is 7. The molecule has 26 heavy (non-hydrogen) atoms. The molecule has 2 heterocycles. The van der Waals surface area contributed by atoms with Gasteiger partial charge in [0.05, 0.1) is 18.4 Å². The van der Waals surface area contributed by atoms with Gasteiger partial charge in [-0.2, -0.15) is 5.10 Å². The first-order chi connectivity index (χ1) is 12.6. The van der Waals surface area contributed by atoms with Crippen LogP contribution in [0.3, 0.4) is 0 Å². The molecule has 1 aromatic carbocycles. The van der Waals surface area contributed by atoms with E-state index < -0.39 is 0 Å². The average Bonchev–Trinajstić information content (AvgIpc) is 3.01. The van der Waals surface area contributed by atoms with Gasteiger partial charge in [-0.3, -0.25) is 10.3 Å². The number of nitrogens with one attached hydrogen (secondary N) is 1. The molecule has 0 radical (unpaired) electrons. The minimum Gasteiger partial charge on any atom is -0.492 e. The van der Waals surface area contributed by atoms with Gasteiger partial charge >= 0.3 is 0 Å². The Balaban J connectivity index is 1.41. The molecule has 7 nitrogen and oxygen atoms in total. The lowest BCUT2D eigenvalue weighted by Gasteiger charge is -2.35. The molecule has 1 aliphatic heterocycles. The Morgan fingerprint density at radius 1 is 1.35 bits per heavy atom. The number of hydrogen-bond donors (Lipinski definition) is 2. The van der Waals surface area contributed by atoms with Crippen LogP contribution in [0.4, 0.5) is 10.9 Å². The zero-order chi connectivity index (χ0) is 18.4. The maximum atomic E-state index is 5.85. The normalized spacial score (nSPS) is 21.2. The maximum absolute atomic E-state index is 5.85. The first-order valence-electron chi connectivity index (χ1n) is 8.69. The molecule has 140 valence electrons. The summed E-state index contributed by atoms with van der Waals surface area (Å²) in [5.74, 6) is 1.35. The van der Waals surface area contributed by atoms with Gasteiger partial charge in [-0.15, -0.1) is 11.3 Å². The topological polar surface area (TPSA) is 85.0 Å². The predicted octanol–water partition coefficient (Wildman–Crippen LogP) is 2.66. The molecule has 8 heteroatoms. The van der Waals surface area contributed by atoms with Crippen molar-refractivity contribution in [1.82, 2.24) is 9.88 Å². The third kappa shape index (κ3) is 5.69. The highest BCUT2D eigenvalue weighted by Crippen LogP contribution is 2.16. The van der Waals surface area contributed by atoms with Crippen LogP contribution in [0.2, 0.25) is 0 Å². The molecule has 0 aliphatic carbocycles. The molecular formula is C18H25N5O2S. The number of nitrogen functional groups attached to an aromatic ring is 1. The molecule has 1 fully saturated rings. The van der Waals surface area contributed by atoms with Crippen molar-refractivity contribution in [3.8, 4) is 5.75 Å². The molecule has 1 saturated heterocycles. The Morgan fingerprint density at radius 2 is 2.08 bits per heavy atom. The summed E-state index contributed by atoms with van der Waals surface area (Å²) in [6, 6.07) is 7.84. The minimum absolute atomic E-state index is 0.284. The fourth-order valence-corrected chi connectivity index (χ4v) is 3.46. The van der Waals surface area contributed by atoms with Gasteiger partial charge in [0.25, 0.3) is 0 Å². The van der Waals surface area contributed by atoms with Crippen LogP contribution in [0.5, 0.6) is 5.75 Å². The smallest absolute Gasteiger partial charge is 0.205 e. The zero-order valence-corrected chi connectivity index (χ0v) is 15.9. The molecule has 2 unspecified atom stereocenters. The average molecular weight is 375 g/mol. The van der Waals surface area contributed by atoms with Gasteiger partial charge < -0.3 is 15.2 Å². The van der Waals surface area contributed by atoms with Gasteiger partial charge in [0, 0.05) is 25.0 Å². The largest absolute Gasteiger partial charge is 0.492 e. The van der Waals surface area contributed by atoms with Gasteiger partial charge in [0.15, 0.2) is 0 Å². The molecule has 0 saturated carbocycles. The van der Waals surface area contributed by atoms with Gasteiger partial charge in [0.1, 0.15) is 18.2 Å². The molecule has 0 amide bonds. The summed E-state index contributed by atoms with van der Waals surface area (Å²) in [6.07, 6.45) is 2.30. The SMILES string of the molecule is CC1CN(CCOc2ccc(C=NNc3nc(N)cs3)cc2)CC(C)O1. The highest BCUT2D eigenvalue weighted by Gasteiger charge is 2.21. The van der Waals surface area contributed by atoms with E-state index in [9.17, 15) is 0 Å². The van der Waals surface area contributed by atoms with Gasteiger partial charge in [0.2, 0.25) is 5.13 Å². The maximum Gasteiger partial charge on any atom is 0.205 e. The Morgan fingerprint density at radius 3 is 2.73 bits per heavy atom. The number of hydrazone groups is 1. The molecule has 1 aliphatic rings. The number of benzene rings is 1. The zero-order valence-electron chi connectivity index (χ0n) is 15.1. The van der Waals surface area contributed by atoms with Crippen LogP contribution in [-0.2, 0) is 4.74 Å². The lowest BCUT2D eigenvalue weighted by atomic mass is 10.2. The monoisotopic (exact) mass is 375 g/mol. The van der Waals surface area contributed by atoms with Crippen molar-refractivity contribution in [1.29, 1.82) is 0 Å². The van der Waals surface area contributed by atoms with E-state index in [-0.39, 0.29) is 12.2 Å². The van der Waals surface area contributed by atoms with Crippen molar-refractivity contribution < 1.29 is 9.47 Å². The minimum atomic E-state index is 0.284. The van der Waals surface area contributed by atoms with Crippen LogP contribution in [0, 0.1) is 0 Å². The van der Waals surface area contributed by atoms with Crippen molar-refractivity contribution in [2.75, 3.05) is 37.4 Å². The third-order valence-corrected chi connectivity index (χ3v) is 4.71. The van der Waals surface area contributed by atoms with E-state index in [2.05, 4.69) is 34.3 Å². The van der Waals surface area contributed by atoms with Crippen LogP contribution in [0.1, 0.15) is 19.4 Å². The van der Waals surface area contributed by atoms with Crippen LogP contribution in [-0.4, -0.2) is 54.5 Å². The number of anilines is 2. The highest BCUT2D eigenvalue weighted by atomic mass is 32.1. The van der Waals surface area contributed by atoms with E-state index in [0.717, 1.165) is 30.9 Å². The summed E-state index contributed by atoms with van der Waals surface area (Å²) in [4.78, 5) is 6.46. The first kappa shape index (κ1) is 18.6. The van der Waals surface area contributed by atoms with Crippen molar-refractivity contribution in [2.45, 2.75) is 26.1 Å². The molecule has 3 N–H and O–H groups in total. The third-order valence-electron chi connectivity index (χ3n) is 3.95. The van der Waals surface area contributed by atoms with E-state index in [0.29, 0.717) is 17.6 Å². The standard InChI is InChI=1S/C18H25N5O2S/c1-13-10-23(11-14(2)25-13)7-8-24-16-5-3-15(4-6-16)9-20-22-18-21-17(19)12-26-18/h3-6,9,12-14H,7-8,10-11,19H2,1-2H3,(H,21,22). The number of aromatic nitrogens is 1. The van der Waals surface area contributed by atoms with Crippen LogP contribution >= 0.6 is 11.3 Å². The lowest BCUT2D eigenvalue weighted by Crippen LogP contribution is -2.46. The van der Waals surface area contributed by atoms with Crippen molar-refractivity contribution >= 4 is 28.5 Å². The summed E-state index contributed by atoms with van der Waals surface area (Å²) < 4.78 is 11.6. The Kier molecular flexibility index (Phi) is 6.43. The molecular weight excluding hydrogens is 350 g/mol. The number of nitrogens with zero attached hydrogens (tertiary/aromatic N) is 3. The fourth-order valence-electron chi connectivity index (χ4n) is 2.91. The Hall–Kier alpha value is -2.16. The quantitative estimate of drug-likeness (QED) is 0.572. The summed E-state index contributed by atoms with van der Waals surface area (Å²) in [7, 11) is 0. The summed E-state index contributed by atoms with van der Waals surface area (Å²) in [6.45, 7) is 7.72. The van der Waals surface area contributed by atoms with Gasteiger partial charge in [-0.1, -0.05) is 0 Å². The summed E-state index contributed by atoms with van der Waals surface area (Å²) in [5.41, 5.74) is 9.40. The van der Waals surface area contributed by atoms with Crippen LogP contribution in [0.15, 0.2) is 34.7 Å². The highest BCUT2D eigenvalue weighted by molar-refractivity contribution is 7.14. The van der Waals surface area contributed by atoms with E-state index in [1.807, 2.05) is 24.3 Å². The molecule has 2 aromatic rings. The van der Waals surface area contributed by atoms with Gasteiger partial charge in [-0.05, 0) is 43.7 Å².